The van der Waals surface area contributed by atoms with Gasteiger partial charge in [-0.3, -0.25) is 4.79 Å². The van der Waals surface area contributed by atoms with Crippen molar-refractivity contribution in [2.75, 3.05) is 0 Å². The van der Waals surface area contributed by atoms with Crippen molar-refractivity contribution in [1.29, 1.82) is 0 Å². The lowest BCUT2D eigenvalue weighted by atomic mass is 9.70. The van der Waals surface area contributed by atoms with E-state index >= 15 is 0 Å². The summed E-state index contributed by atoms with van der Waals surface area (Å²) in [5.74, 6) is -0.173. The van der Waals surface area contributed by atoms with Crippen molar-refractivity contribution in [3.63, 3.8) is 0 Å². The highest BCUT2D eigenvalue weighted by Crippen LogP contribution is 2.41. The highest BCUT2D eigenvalue weighted by atomic mass is 16.3. The quantitative estimate of drug-likeness (QED) is 0.220. The topological polar surface area (TPSA) is 77.8 Å². The lowest BCUT2D eigenvalue weighted by Crippen LogP contribution is -2.38. The van der Waals surface area contributed by atoms with Crippen LogP contribution in [0.4, 0.5) is 0 Å². The fourth-order valence-corrected chi connectivity index (χ4v) is 5.78. The Labute approximate surface area is 266 Å². The Balaban J connectivity index is 1.95. The van der Waals surface area contributed by atoms with Gasteiger partial charge in [-0.2, -0.15) is 0 Å². The van der Waals surface area contributed by atoms with E-state index in [2.05, 4.69) is 91.0 Å². The molecule has 3 unspecified atom stereocenters. The van der Waals surface area contributed by atoms with Crippen molar-refractivity contribution >= 4 is 5.78 Å². The fourth-order valence-electron chi connectivity index (χ4n) is 5.78. The second-order valence-corrected chi connectivity index (χ2v) is 13.6. The summed E-state index contributed by atoms with van der Waals surface area (Å²) in [6.45, 7) is 20.2. The Bertz CT molecular complexity index is 1410. The monoisotopic (exact) mass is 598 g/mol. The normalized spacial score (nSPS) is 26.2. The number of allylic oxidation sites excluding steroid dienone is 20. The SMILES string of the molecule is CC(C=CC=C(C)C=CC1=C(C)C(=O)C(O)CC1(C)C)=CC=CC=C(C)C=CC=C(C)C=CC1=C(C)C(O)C(O)CC1(C)C. The second-order valence-electron chi connectivity index (χ2n) is 13.6. The third kappa shape index (κ3) is 10.7. The summed E-state index contributed by atoms with van der Waals surface area (Å²) in [5, 5.41) is 30.4. The lowest BCUT2D eigenvalue weighted by Gasteiger charge is -2.38. The van der Waals surface area contributed by atoms with Crippen molar-refractivity contribution in [3.05, 3.63) is 130 Å². The van der Waals surface area contributed by atoms with Gasteiger partial charge in [0, 0.05) is 0 Å². The number of Topliss-reactive ketones (excluding diaryl/α,β-unsaturated/α-hetero) is 1. The molecule has 0 fully saturated rings. The van der Waals surface area contributed by atoms with Crippen LogP contribution >= 0.6 is 0 Å². The van der Waals surface area contributed by atoms with Crippen LogP contribution in [0.2, 0.25) is 0 Å². The molecule has 3 atom stereocenters. The van der Waals surface area contributed by atoms with Crippen LogP contribution in [0.25, 0.3) is 0 Å². The molecule has 2 aliphatic rings. The van der Waals surface area contributed by atoms with Gasteiger partial charge in [-0.05, 0) is 87.5 Å². The molecule has 2 rings (SSSR count). The molecule has 4 nitrogen and oxygen atoms in total. The standard InChI is InChI=1S/C40H54O4/c1-27(17-13-19-29(3)21-23-33-31(5)37(43)35(41)25-39(33,7)8)15-11-12-16-28(2)18-14-20-30(4)22-24-34-32(6)38(44)36(42)26-40(34,9)10/h11-24,35-37,41-43H,25-26H2,1-10H3. The van der Waals surface area contributed by atoms with Gasteiger partial charge < -0.3 is 15.3 Å². The maximum Gasteiger partial charge on any atom is 0.187 e. The third-order valence-corrected chi connectivity index (χ3v) is 8.48. The van der Waals surface area contributed by atoms with Crippen LogP contribution in [0.15, 0.2) is 130 Å². The molecule has 0 saturated heterocycles. The van der Waals surface area contributed by atoms with Gasteiger partial charge >= 0.3 is 0 Å². The molecule has 0 heterocycles. The zero-order chi connectivity index (χ0) is 33.2. The van der Waals surface area contributed by atoms with Crippen LogP contribution in [0.3, 0.4) is 0 Å². The number of carbonyl (C=O) groups is 1. The van der Waals surface area contributed by atoms with Crippen molar-refractivity contribution in [2.45, 2.75) is 100 Å². The van der Waals surface area contributed by atoms with Gasteiger partial charge in [0.25, 0.3) is 0 Å². The predicted octanol–water partition coefficient (Wildman–Crippen LogP) is 8.70. The smallest absolute Gasteiger partial charge is 0.187 e. The van der Waals surface area contributed by atoms with E-state index in [4.69, 9.17) is 0 Å². The molecule has 0 radical (unpaired) electrons. The number of ketones is 1. The minimum Gasteiger partial charge on any atom is -0.390 e. The lowest BCUT2D eigenvalue weighted by molar-refractivity contribution is -0.125. The number of rotatable bonds is 10. The zero-order valence-electron chi connectivity index (χ0n) is 28.5. The number of hydrogen-bond donors (Lipinski definition) is 3. The van der Waals surface area contributed by atoms with E-state index < -0.39 is 18.3 Å². The first-order valence-electron chi connectivity index (χ1n) is 15.5. The molecule has 238 valence electrons. The van der Waals surface area contributed by atoms with E-state index in [0.29, 0.717) is 18.4 Å². The summed E-state index contributed by atoms with van der Waals surface area (Å²) in [5.41, 5.74) is 7.57. The summed E-state index contributed by atoms with van der Waals surface area (Å²) >= 11 is 0. The summed E-state index contributed by atoms with van der Waals surface area (Å²) < 4.78 is 0. The predicted molar refractivity (Wildman–Crippen MR) is 186 cm³/mol. The van der Waals surface area contributed by atoms with Gasteiger partial charge in [0.2, 0.25) is 0 Å². The Morgan fingerprint density at radius 3 is 1.55 bits per heavy atom. The molecule has 0 aromatic carbocycles. The largest absolute Gasteiger partial charge is 0.390 e. The maximum absolute atomic E-state index is 12.2. The average molecular weight is 599 g/mol. The highest BCUT2D eigenvalue weighted by molar-refractivity contribution is 6.00. The van der Waals surface area contributed by atoms with Crippen LogP contribution in [0.1, 0.15) is 82.1 Å². The molecule has 44 heavy (non-hydrogen) atoms. The number of aliphatic hydroxyl groups excluding tert-OH is 3. The van der Waals surface area contributed by atoms with Gasteiger partial charge in [0.05, 0.1) is 6.10 Å². The molecule has 0 spiro atoms. The van der Waals surface area contributed by atoms with E-state index in [1.54, 1.807) is 6.92 Å². The van der Waals surface area contributed by atoms with E-state index in [1.807, 2.05) is 56.4 Å². The molecule has 0 amide bonds. The number of hydrogen-bond acceptors (Lipinski definition) is 4. The van der Waals surface area contributed by atoms with E-state index in [-0.39, 0.29) is 16.6 Å². The minimum atomic E-state index is -0.905. The first-order valence-corrected chi connectivity index (χ1v) is 15.5. The summed E-state index contributed by atoms with van der Waals surface area (Å²) in [4.78, 5) is 12.2. The van der Waals surface area contributed by atoms with Crippen molar-refractivity contribution in [3.8, 4) is 0 Å². The summed E-state index contributed by atoms with van der Waals surface area (Å²) in [6.07, 6.45) is 27.2. The van der Waals surface area contributed by atoms with Crippen LogP contribution < -0.4 is 0 Å². The minimum absolute atomic E-state index is 0.173. The molecule has 4 heteroatoms. The zero-order valence-corrected chi connectivity index (χ0v) is 28.5. The molecule has 0 aromatic heterocycles. The summed E-state index contributed by atoms with van der Waals surface area (Å²) in [6, 6.07) is 0. The second kappa shape index (κ2) is 16.1. The molecule has 0 bridgehead atoms. The van der Waals surface area contributed by atoms with E-state index in [1.165, 1.54) is 0 Å². The summed E-state index contributed by atoms with van der Waals surface area (Å²) in [7, 11) is 0. The first-order chi connectivity index (χ1) is 20.5. The first kappa shape index (κ1) is 36.9. The van der Waals surface area contributed by atoms with Gasteiger partial charge in [0.15, 0.2) is 5.78 Å². The highest BCUT2D eigenvalue weighted by Gasteiger charge is 2.37. The Kier molecular flexibility index (Phi) is 13.5. The van der Waals surface area contributed by atoms with Crippen LogP contribution in [-0.2, 0) is 4.79 Å². The van der Waals surface area contributed by atoms with Gasteiger partial charge in [-0.15, -0.1) is 0 Å². The van der Waals surface area contributed by atoms with Crippen LogP contribution in [-0.4, -0.2) is 39.4 Å². The van der Waals surface area contributed by atoms with Crippen LogP contribution in [0.5, 0.6) is 0 Å². The Morgan fingerprint density at radius 2 is 1.05 bits per heavy atom. The van der Waals surface area contributed by atoms with Crippen molar-refractivity contribution in [1.82, 2.24) is 0 Å². The van der Waals surface area contributed by atoms with E-state index in [9.17, 15) is 20.1 Å². The maximum atomic E-state index is 12.2. The number of carbonyl (C=O) groups excluding carboxylic acids is 1. The fraction of sp³-hybridized carbons (Fsp3) is 0.425. The Hall–Kier alpha value is -3.31. The molecule has 0 saturated carbocycles. The van der Waals surface area contributed by atoms with Gasteiger partial charge in [0.1, 0.15) is 12.2 Å². The molecule has 0 aromatic rings. The molecular formula is C40H54O4. The molecule has 2 aliphatic carbocycles. The number of aliphatic hydroxyl groups is 3. The average Bonchev–Trinajstić information content (AvgIpc) is 2.92. The van der Waals surface area contributed by atoms with Crippen molar-refractivity contribution < 1.29 is 20.1 Å². The van der Waals surface area contributed by atoms with Crippen LogP contribution in [0, 0.1) is 10.8 Å². The van der Waals surface area contributed by atoms with Crippen molar-refractivity contribution in [2.24, 2.45) is 10.8 Å². The Morgan fingerprint density at radius 1 is 0.636 bits per heavy atom. The molecule has 0 aliphatic heterocycles. The third-order valence-electron chi connectivity index (χ3n) is 8.48. The molecular weight excluding hydrogens is 544 g/mol. The molecule has 3 N–H and O–H groups in total. The van der Waals surface area contributed by atoms with Gasteiger partial charge in [-0.25, -0.2) is 0 Å². The van der Waals surface area contributed by atoms with Gasteiger partial charge in [-0.1, -0.05) is 135 Å². The van der Waals surface area contributed by atoms with E-state index in [0.717, 1.165) is 39.0 Å².